The van der Waals surface area contributed by atoms with Crippen LogP contribution in [0.3, 0.4) is 0 Å². The highest BCUT2D eigenvalue weighted by molar-refractivity contribution is 5.94. The minimum Gasteiger partial charge on any atom is -0.338 e. The van der Waals surface area contributed by atoms with Gasteiger partial charge in [-0.2, -0.15) is 13.2 Å². The Labute approximate surface area is 191 Å². The van der Waals surface area contributed by atoms with Crippen LogP contribution in [0.1, 0.15) is 18.5 Å². The van der Waals surface area contributed by atoms with Gasteiger partial charge in [0.15, 0.2) is 5.82 Å². The van der Waals surface area contributed by atoms with Crippen LogP contribution in [0, 0.1) is 0 Å². The molecule has 0 saturated carbocycles. The van der Waals surface area contributed by atoms with Gasteiger partial charge in [0, 0.05) is 24.1 Å². The molecule has 1 amide bonds. The van der Waals surface area contributed by atoms with E-state index in [0.29, 0.717) is 22.8 Å². The predicted octanol–water partition coefficient (Wildman–Crippen LogP) is 3.64. The highest BCUT2D eigenvalue weighted by atomic mass is 19.4. The Morgan fingerprint density at radius 2 is 2.03 bits per heavy atom. The number of carbonyl (C=O) groups is 1. The SMILES string of the molecule is O=C(Nc1cc(Nc2nc(-c3cccc(C(F)(F)F)n3)nn3cccc23)ccn1)C1CCCN1. The van der Waals surface area contributed by atoms with E-state index in [-0.39, 0.29) is 23.5 Å². The van der Waals surface area contributed by atoms with Gasteiger partial charge >= 0.3 is 6.18 Å². The smallest absolute Gasteiger partial charge is 0.338 e. The number of nitrogens with one attached hydrogen (secondary N) is 3. The van der Waals surface area contributed by atoms with E-state index >= 15 is 0 Å². The number of nitrogens with zero attached hydrogens (tertiary/aromatic N) is 5. The molecule has 34 heavy (non-hydrogen) atoms. The maximum absolute atomic E-state index is 13.1. The summed E-state index contributed by atoms with van der Waals surface area (Å²) < 4.78 is 40.9. The zero-order valence-corrected chi connectivity index (χ0v) is 17.7. The summed E-state index contributed by atoms with van der Waals surface area (Å²) >= 11 is 0. The number of pyridine rings is 2. The number of carbonyl (C=O) groups excluding carboxylic acids is 1. The zero-order chi connectivity index (χ0) is 23.7. The van der Waals surface area contributed by atoms with Gasteiger partial charge in [0.25, 0.3) is 0 Å². The molecule has 0 radical (unpaired) electrons. The fraction of sp³-hybridized carbons (Fsp3) is 0.227. The van der Waals surface area contributed by atoms with Crippen LogP contribution in [0.25, 0.3) is 17.0 Å². The molecular weight excluding hydrogens is 449 g/mol. The first-order chi connectivity index (χ1) is 16.4. The van der Waals surface area contributed by atoms with E-state index in [1.165, 1.54) is 22.8 Å². The van der Waals surface area contributed by atoms with Crippen LogP contribution in [0.4, 0.5) is 30.5 Å². The molecule has 4 aromatic heterocycles. The lowest BCUT2D eigenvalue weighted by atomic mass is 10.2. The molecule has 0 aliphatic carbocycles. The molecule has 4 aromatic rings. The maximum Gasteiger partial charge on any atom is 0.433 e. The summed E-state index contributed by atoms with van der Waals surface area (Å²) in [6.45, 7) is 0.803. The van der Waals surface area contributed by atoms with Crippen LogP contribution in [0.5, 0.6) is 0 Å². The molecule has 174 valence electrons. The average molecular weight is 468 g/mol. The van der Waals surface area contributed by atoms with Crippen LogP contribution in [-0.2, 0) is 11.0 Å². The van der Waals surface area contributed by atoms with Gasteiger partial charge in [0.1, 0.15) is 22.7 Å². The fourth-order valence-electron chi connectivity index (χ4n) is 3.69. The molecule has 0 bridgehead atoms. The van der Waals surface area contributed by atoms with Crippen LogP contribution in [0.15, 0.2) is 54.9 Å². The average Bonchev–Trinajstić information content (AvgIpc) is 3.51. The van der Waals surface area contributed by atoms with Gasteiger partial charge in [-0.05, 0) is 49.7 Å². The van der Waals surface area contributed by atoms with Gasteiger partial charge in [0.05, 0.1) is 6.04 Å². The summed E-state index contributed by atoms with van der Waals surface area (Å²) in [6, 6.07) is 10.2. The monoisotopic (exact) mass is 468 g/mol. The van der Waals surface area contributed by atoms with Crippen LogP contribution in [-0.4, -0.2) is 43.1 Å². The molecule has 0 aromatic carbocycles. The van der Waals surface area contributed by atoms with E-state index < -0.39 is 11.9 Å². The number of hydrogen-bond donors (Lipinski definition) is 3. The third kappa shape index (κ3) is 4.53. The molecule has 1 unspecified atom stereocenters. The van der Waals surface area contributed by atoms with E-state index in [1.807, 2.05) is 0 Å². The largest absolute Gasteiger partial charge is 0.433 e. The molecule has 9 nitrogen and oxygen atoms in total. The molecule has 5 heterocycles. The van der Waals surface area contributed by atoms with Gasteiger partial charge < -0.3 is 16.0 Å². The van der Waals surface area contributed by atoms with Crippen molar-refractivity contribution in [3.63, 3.8) is 0 Å². The van der Waals surface area contributed by atoms with Gasteiger partial charge in [-0.1, -0.05) is 6.07 Å². The maximum atomic E-state index is 13.1. The summed E-state index contributed by atoms with van der Waals surface area (Å²) in [4.78, 5) is 24.7. The van der Waals surface area contributed by atoms with Crippen molar-refractivity contribution in [1.82, 2.24) is 29.9 Å². The Bertz CT molecular complexity index is 1350. The van der Waals surface area contributed by atoms with E-state index in [9.17, 15) is 18.0 Å². The third-order valence-electron chi connectivity index (χ3n) is 5.31. The summed E-state index contributed by atoms with van der Waals surface area (Å²) in [5.41, 5.74) is 0.143. The van der Waals surface area contributed by atoms with E-state index in [0.717, 1.165) is 25.5 Å². The second-order valence-electron chi connectivity index (χ2n) is 7.72. The summed E-state index contributed by atoms with van der Waals surface area (Å²) in [5.74, 6) is 0.585. The zero-order valence-electron chi connectivity index (χ0n) is 17.7. The first kappa shape index (κ1) is 21.8. The number of fused-ring (bicyclic) bond motifs is 1. The van der Waals surface area contributed by atoms with Gasteiger partial charge in [-0.15, -0.1) is 5.10 Å². The van der Waals surface area contributed by atoms with Crippen molar-refractivity contribution >= 4 is 28.7 Å². The third-order valence-corrected chi connectivity index (χ3v) is 5.31. The standard InChI is InChI=1S/C22H19F3N8O/c23-22(24,25)17-7-1-4-14(29-17)19-31-20(16-6-3-11-33(16)32-19)28-13-8-10-27-18(12-13)30-21(34)15-5-2-9-26-15/h1,3-4,6-8,10-12,15,26H,2,5,9H2,(H2,27,28,30,31,32,34). The summed E-state index contributed by atoms with van der Waals surface area (Å²) in [6.07, 6.45) is 0.318. The summed E-state index contributed by atoms with van der Waals surface area (Å²) in [7, 11) is 0. The molecule has 1 saturated heterocycles. The highest BCUT2D eigenvalue weighted by Gasteiger charge is 2.32. The first-order valence-electron chi connectivity index (χ1n) is 10.5. The van der Waals surface area contributed by atoms with Gasteiger partial charge in [-0.25, -0.2) is 19.5 Å². The molecular formula is C22H19F3N8O. The second-order valence-corrected chi connectivity index (χ2v) is 7.72. The Morgan fingerprint density at radius 1 is 1.15 bits per heavy atom. The van der Waals surface area contributed by atoms with E-state index in [2.05, 4.69) is 36.0 Å². The van der Waals surface area contributed by atoms with Crippen LogP contribution in [0.2, 0.25) is 0 Å². The lowest BCUT2D eigenvalue weighted by molar-refractivity contribution is -0.141. The lowest BCUT2D eigenvalue weighted by Gasteiger charge is -2.13. The van der Waals surface area contributed by atoms with E-state index in [1.54, 1.807) is 30.5 Å². The molecule has 1 aliphatic heterocycles. The molecule has 1 atom stereocenters. The van der Waals surface area contributed by atoms with Crippen molar-refractivity contribution in [2.24, 2.45) is 0 Å². The first-order valence-corrected chi connectivity index (χ1v) is 10.5. The van der Waals surface area contributed by atoms with E-state index in [4.69, 9.17) is 0 Å². The number of anilines is 3. The van der Waals surface area contributed by atoms with Crippen LogP contribution < -0.4 is 16.0 Å². The molecule has 1 aliphatic rings. The number of rotatable bonds is 5. The highest BCUT2D eigenvalue weighted by Crippen LogP contribution is 2.29. The number of aromatic nitrogens is 5. The molecule has 3 N–H and O–H groups in total. The van der Waals surface area contributed by atoms with Crippen molar-refractivity contribution in [3.05, 3.63) is 60.6 Å². The minimum atomic E-state index is -4.58. The number of amides is 1. The van der Waals surface area contributed by atoms with Crippen LogP contribution >= 0.6 is 0 Å². The Hall–Kier alpha value is -4.06. The molecule has 0 spiro atoms. The molecule has 1 fully saturated rings. The quantitative estimate of drug-likeness (QED) is 0.410. The van der Waals surface area contributed by atoms with Gasteiger partial charge in [0.2, 0.25) is 11.7 Å². The topological polar surface area (TPSA) is 109 Å². The number of halogens is 3. The normalized spacial score (nSPS) is 16.0. The predicted molar refractivity (Wildman–Crippen MR) is 118 cm³/mol. The Morgan fingerprint density at radius 3 is 2.82 bits per heavy atom. The second kappa shape index (κ2) is 8.71. The van der Waals surface area contributed by atoms with Crippen molar-refractivity contribution < 1.29 is 18.0 Å². The van der Waals surface area contributed by atoms with Crippen molar-refractivity contribution in [1.29, 1.82) is 0 Å². The Kier molecular flexibility index (Phi) is 5.57. The van der Waals surface area contributed by atoms with Gasteiger partial charge in [-0.3, -0.25) is 4.79 Å². The fourth-order valence-corrected chi connectivity index (χ4v) is 3.69. The Balaban J connectivity index is 1.45. The van der Waals surface area contributed by atoms with Crippen molar-refractivity contribution in [2.75, 3.05) is 17.2 Å². The molecule has 5 rings (SSSR count). The minimum absolute atomic E-state index is 0.0137. The number of alkyl halides is 3. The van der Waals surface area contributed by atoms with Crippen molar-refractivity contribution in [3.8, 4) is 11.5 Å². The molecule has 12 heteroatoms. The number of hydrogen-bond acceptors (Lipinski definition) is 7. The lowest BCUT2D eigenvalue weighted by Crippen LogP contribution is -2.35. The summed E-state index contributed by atoms with van der Waals surface area (Å²) in [5, 5.41) is 13.4. The van der Waals surface area contributed by atoms with Crippen molar-refractivity contribution in [2.45, 2.75) is 25.1 Å².